The van der Waals surface area contributed by atoms with Crippen molar-refractivity contribution < 1.29 is 9.53 Å². The van der Waals surface area contributed by atoms with Gasteiger partial charge in [0.25, 0.3) is 0 Å². The zero-order chi connectivity index (χ0) is 14.6. The van der Waals surface area contributed by atoms with Crippen molar-refractivity contribution in [2.24, 2.45) is 5.73 Å². The first-order valence-electron chi connectivity index (χ1n) is 7.18. The van der Waals surface area contributed by atoms with Crippen molar-refractivity contribution >= 4 is 6.09 Å². The van der Waals surface area contributed by atoms with Gasteiger partial charge < -0.3 is 15.4 Å². The molecule has 0 saturated carbocycles. The number of carbonyl (C=O) groups is 1. The number of nitrogens with two attached hydrogens (primary N) is 1. The fourth-order valence-corrected chi connectivity index (χ4v) is 2.52. The van der Waals surface area contributed by atoms with Gasteiger partial charge in [0.2, 0.25) is 0 Å². The highest BCUT2D eigenvalue weighted by molar-refractivity contribution is 5.69. The fraction of sp³-hybridized carbons (Fsp3) is 0.929. The number of likely N-dealkylation sites (tertiary alicyclic amines) is 1. The van der Waals surface area contributed by atoms with Crippen molar-refractivity contribution in [2.75, 3.05) is 26.2 Å². The molecule has 5 nitrogen and oxygen atoms in total. The molecule has 1 saturated heterocycles. The van der Waals surface area contributed by atoms with Crippen molar-refractivity contribution in [3.63, 3.8) is 0 Å². The van der Waals surface area contributed by atoms with Crippen molar-refractivity contribution in [1.82, 2.24) is 9.80 Å². The van der Waals surface area contributed by atoms with Crippen LogP contribution in [-0.2, 0) is 4.74 Å². The van der Waals surface area contributed by atoms with E-state index in [1.165, 1.54) is 0 Å². The topological polar surface area (TPSA) is 58.8 Å². The predicted molar refractivity (Wildman–Crippen MR) is 77.1 cm³/mol. The molecule has 0 bridgehead atoms. The Balaban J connectivity index is 2.66. The molecule has 1 atom stereocenters. The second kappa shape index (κ2) is 6.57. The highest BCUT2D eigenvalue weighted by Gasteiger charge is 2.34. The van der Waals surface area contributed by atoms with Gasteiger partial charge in [-0.3, -0.25) is 4.90 Å². The maximum Gasteiger partial charge on any atom is 0.410 e. The zero-order valence-corrected chi connectivity index (χ0v) is 13.0. The zero-order valence-electron chi connectivity index (χ0n) is 13.0. The van der Waals surface area contributed by atoms with E-state index in [0.29, 0.717) is 6.54 Å². The normalized spacial score (nSPS) is 20.9. The molecule has 1 amide bonds. The largest absolute Gasteiger partial charge is 0.444 e. The Morgan fingerprint density at radius 1 is 1.47 bits per heavy atom. The van der Waals surface area contributed by atoms with Crippen molar-refractivity contribution in [3.8, 4) is 0 Å². The van der Waals surface area contributed by atoms with Crippen LogP contribution >= 0.6 is 0 Å². The minimum atomic E-state index is -0.445. The molecule has 0 aromatic carbocycles. The molecule has 0 aromatic rings. The SMILES string of the molecule is CC(C)N(C(=O)OC(C)(C)C)C1CCN(CCN)C1. The molecule has 0 radical (unpaired) electrons. The molecule has 0 aliphatic carbocycles. The summed E-state index contributed by atoms with van der Waals surface area (Å²) in [6.07, 6.45) is 0.791. The molecule has 0 spiro atoms. The van der Waals surface area contributed by atoms with E-state index in [0.717, 1.165) is 26.1 Å². The van der Waals surface area contributed by atoms with Gasteiger partial charge in [-0.2, -0.15) is 0 Å². The molecular weight excluding hydrogens is 242 g/mol. The molecule has 112 valence electrons. The summed E-state index contributed by atoms with van der Waals surface area (Å²) >= 11 is 0. The van der Waals surface area contributed by atoms with Gasteiger partial charge in [0.15, 0.2) is 0 Å². The van der Waals surface area contributed by atoms with E-state index in [2.05, 4.69) is 4.90 Å². The highest BCUT2D eigenvalue weighted by atomic mass is 16.6. The summed E-state index contributed by atoms with van der Waals surface area (Å²) in [5.41, 5.74) is 5.14. The second-order valence-corrected chi connectivity index (χ2v) is 6.51. The molecular formula is C14H29N3O2. The van der Waals surface area contributed by atoms with Gasteiger partial charge in [-0.25, -0.2) is 4.79 Å². The predicted octanol–water partition coefficient (Wildman–Crippen LogP) is 1.66. The van der Waals surface area contributed by atoms with Crippen LogP contribution in [-0.4, -0.2) is 59.8 Å². The van der Waals surface area contributed by atoms with Crippen LogP contribution in [0.25, 0.3) is 0 Å². The summed E-state index contributed by atoms with van der Waals surface area (Å²) in [6.45, 7) is 13.3. The minimum Gasteiger partial charge on any atom is -0.444 e. The second-order valence-electron chi connectivity index (χ2n) is 6.51. The third-order valence-corrected chi connectivity index (χ3v) is 3.25. The molecule has 19 heavy (non-hydrogen) atoms. The van der Waals surface area contributed by atoms with Gasteiger partial charge in [-0.05, 0) is 41.0 Å². The third-order valence-electron chi connectivity index (χ3n) is 3.25. The lowest BCUT2D eigenvalue weighted by Gasteiger charge is -2.34. The number of amides is 1. The van der Waals surface area contributed by atoms with E-state index in [-0.39, 0.29) is 18.2 Å². The average Bonchev–Trinajstić information content (AvgIpc) is 2.63. The average molecular weight is 271 g/mol. The van der Waals surface area contributed by atoms with Crippen LogP contribution in [0.15, 0.2) is 0 Å². The maximum atomic E-state index is 12.3. The Kier molecular flexibility index (Phi) is 5.62. The first-order chi connectivity index (χ1) is 8.74. The van der Waals surface area contributed by atoms with Crippen molar-refractivity contribution in [2.45, 2.75) is 58.7 Å². The van der Waals surface area contributed by atoms with Crippen LogP contribution in [0.4, 0.5) is 4.79 Å². The number of rotatable bonds is 4. The lowest BCUT2D eigenvalue weighted by Crippen LogP contribution is -2.48. The lowest BCUT2D eigenvalue weighted by molar-refractivity contribution is 0.00950. The first kappa shape index (κ1) is 16.2. The Morgan fingerprint density at radius 2 is 2.11 bits per heavy atom. The molecule has 1 heterocycles. The Morgan fingerprint density at radius 3 is 2.58 bits per heavy atom. The van der Waals surface area contributed by atoms with Gasteiger partial charge in [0.05, 0.1) is 0 Å². The molecule has 1 aliphatic heterocycles. The van der Waals surface area contributed by atoms with Crippen molar-refractivity contribution in [1.29, 1.82) is 0 Å². The summed E-state index contributed by atoms with van der Waals surface area (Å²) in [5.74, 6) is 0. The molecule has 5 heteroatoms. The Hall–Kier alpha value is -0.810. The van der Waals surface area contributed by atoms with Gasteiger partial charge in [0.1, 0.15) is 5.60 Å². The van der Waals surface area contributed by atoms with Crippen molar-refractivity contribution in [3.05, 3.63) is 0 Å². The summed E-state index contributed by atoms with van der Waals surface area (Å²) < 4.78 is 5.51. The van der Waals surface area contributed by atoms with E-state index in [4.69, 9.17) is 10.5 Å². The van der Waals surface area contributed by atoms with Gasteiger partial charge in [-0.15, -0.1) is 0 Å². The van der Waals surface area contributed by atoms with Crippen LogP contribution in [0.5, 0.6) is 0 Å². The lowest BCUT2D eigenvalue weighted by atomic mass is 10.2. The monoisotopic (exact) mass is 271 g/mol. The minimum absolute atomic E-state index is 0.151. The Bertz CT molecular complexity index is 300. The maximum absolute atomic E-state index is 12.3. The summed E-state index contributed by atoms with van der Waals surface area (Å²) in [5, 5.41) is 0. The Labute approximate surface area is 117 Å². The quantitative estimate of drug-likeness (QED) is 0.845. The number of hydrogen-bond donors (Lipinski definition) is 1. The van der Waals surface area contributed by atoms with Gasteiger partial charge in [-0.1, -0.05) is 0 Å². The molecule has 1 fully saturated rings. The molecule has 2 N–H and O–H groups in total. The van der Waals surface area contributed by atoms with Crippen LogP contribution < -0.4 is 5.73 Å². The number of nitrogens with zero attached hydrogens (tertiary/aromatic N) is 2. The number of ether oxygens (including phenoxy) is 1. The van der Waals surface area contributed by atoms with E-state index >= 15 is 0 Å². The molecule has 1 unspecified atom stereocenters. The summed E-state index contributed by atoms with van der Waals surface area (Å²) in [6, 6.07) is 0.388. The number of hydrogen-bond acceptors (Lipinski definition) is 4. The van der Waals surface area contributed by atoms with E-state index in [9.17, 15) is 4.79 Å². The van der Waals surface area contributed by atoms with Crippen LogP contribution in [0.1, 0.15) is 41.0 Å². The number of carbonyl (C=O) groups excluding carboxylic acids is 1. The van der Waals surface area contributed by atoms with E-state index < -0.39 is 5.60 Å². The highest BCUT2D eigenvalue weighted by Crippen LogP contribution is 2.21. The van der Waals surface area contributed by atoms with E-state index in [1.54, 1.807) is 0 Å². The summed E-state index contributed by atoms with van der Waals surface area (Å²) in [4.78, 5) is 16.5. The van der Waals surface area contributed by atoms with Crippen LogP contribution in [0.2, 0.25) is 0 Å². The van der Waals surface area contributed by atoms with E-state index in [1.807, 2.05) is 39.5 Å². The molecule has 0 aromatic heterocycles. The molecule has 1 rings (SSSR count). The molecule has 1 aliphatic rings. The van der Waals surface area contributed by atoms with Gasteiger partial charge in [0, 0.05) is 38.3 Å². The smallest absolute Gasteiger partial charge is 0.410 e. The van der Waals surface area contributed by atoms with Gasteiger partial charge >= 0.3 is 6.09 Å². The third kappa shape index (κ3) is 4.99. The standard InChI is InChI=1S/C14H29N3O2/c1-11(2)17(13(18)19-14(3,4)5)12-6-8-16(10-12)9-7-15/h11-12H,6-10,15H2,1-5H3. The fourth-order valence-electron chi connectivity index (χ4n) is 2.52. The van der Waals surface area contributed by atoms with Crippen LogP contribution in [0.3, 0.4) is 0 Å². The first-order valence-corrected chi connectivity index (χ1v) is 7.18. The van der Waals surface area contributed by atoms with Crippen LogP contribution in [0, 0.1) is 0 Å². The summed E-state index contributed by atoms with van der Waals surface area (Å²) in [7, 11) is 0.